The Morgan fingerprint density at radius 2 is 1.81 bits per heavy atom. The van der Waals surface area contributed by atoms with E-state index in [-0.39, 0.29) is 23.3 Å². The first-order valence-corrected chi connectivity index (χ1v) is 12.2. The van der Waals surface area contributed by atoms with E-state index in [2.05, 4.69) is 5.32 Å². The van der Waals surface area contributed by atoms with Crippen LogP contribution in [0.25, 0.3) is 0 Å². The normalized spacial score (nSPS) is 21.0. The largest absolute Gasteiger partial charge is 0.336 e. The summed E-state index contributed by atoms with van der Waals surface area (Å²) in [6.45, 7) is 4.48. The summed E-state index contributed by atoms with van der Waals surface area (Å²) in [7, 11) is -3.99. The molecule has 2 aromatic carbocycles. The lowest BCUT2D eigenvalue weighted by Gasteiger charge is -2.33. The number of aryl methyl sites for hydroxylation is 2. The second-order valence-electron chi connectivity index (χ2n) is 8.29. The summed E-state index contributed by atoms with van der Waals surface area (Å²) < 4.78 is 27.5. The zero-order valence-corrected chi connectivity index (χ0v) is 19.0. The van der Waals surface area contributed by atoms with Gasteiger partial charge in [0.1, 0.15) is 6.04 Å². The van der Waals surface area contributed by atoms with Crippen LogP contribution in [0.3, 0.4) is 0 Å². The molecule has 2 heterocycles. The van der Waals surface area contributed by atoms with Crippen molar-refractivity contribution in [2.24, 2.45) is 0 Å². The summed E-state index contributed by atoms with van der Waals surface area (Å²) in [6, 6.07) is 13.2. The summed E-state index contributed by atoms with van der Waals surface area (Å²) in [6.07, 6.45) is 4.10. The van der Waals surface area contributed by atoms with E-state index in [1.54, 1.807) is 17.0 Å². The molecule has 8 heteroatoms. The van der Waals surface area contributed by atoms with Crippen LogP contribution < -0.4 is 5.32 Å². The first-order valence-electron chi connectivity index (χ1n) is 10.7. The first-order chi connectivity index (χ1) is 15.3. The van der Waals surface area contributed by atoms with Gasteiger partial charge in [0.05, 0.1) is 17.4 Å². The molecule has 2 atom stereocenters. The van der Waals surface area contributed by atoms with Crippen LogP contribution in [0.2, 0.25) is 0 Å². The molecule has 1 unspecified atom stereocenters. The number of carbonyl (C=O) groups excluding carboxylic acids is 2. The third kappa shape index (κ3) is 4.14. The highest BCUT2D eigenvalue weighted by Gasteiger charge is 2.39. The molecule has 0 spiro atoms. The number of likely N-dealkylation sites (tertiary alicyclic amines) is 1. The Hall–Kier alpha value is -3.13. The molecular weight excluding hydrogens is 426 g/mol. The van der Waals surface area contributed by atoms with E-state index in [9.17, 15) is 18.0 Å². The molecule has 0 radical (unpaired) electrons. The van der Waals surface area contributed by atoms with E-state index in [1.165, 1.54) is 24.5 Å². The summed E-state index contributed by atoms with van der Waals surface area (Å²) in [5.74, 6) is -0.738. The smallest absolute Gasteiger partial charge is 0.264 e. The van der Waals surface area contributed by atoms with Crippen LogP contribution in [0.15, 0.2) is 65.8 Å². The van der Waals surface area contributed by atoms with Crippen molar-refractivity contribution >= 4 is 21.8 Å². The highest BCUT2D eigenvalue weighted by atomic mass is 32.2. The maximum absolute atomic E-state index is 13.3. The monoisotopic (exact) mass is 453 g/mol. The van der Waals surface area contributed by atoms with Crippen LogP contribution in [-0.4, -0.2) is 42.0 Å². The molecular formula is C24H27N3O4S. The van der Waals surface area contributed by atoms with Crippen molar-refractivity contribution in [1.82, 2.24) is 14.5 Å². The molecule has 168 valence electrons. The predicted octanol–water partition coefficient (Wildman–Crippen LogP) is 3.02. The van der Waals surface area contributed by atoms with Gasteiger partial charge in [0.15, 0.2) is 0 Å². The van der Waals surface area contributed by atoms with Crippen molar-refractivity contribution in [3.8, 4) is 0 Å². The van der Waals surface area contributed by atoms with Gasteiger partial charge in [-0.1, -0.05) is 42.0 Å². The molecule has 2 aromatic rings. The number of amides is 2. The van der Waals surface area contributed by atoms with Crippen molar-refractivity contribution in [3.63, 3.8) is 0 Å². The predicted molar refractivity (Wildman–Crippen MR) is 121 cm³/mol. The molecule has 4 rings (SSSR count). The number of rotatable bonds is 5. The Labute approximate surface area is 188 Å². The summed E-state index contributed by atoms with van der Waals surface area (Å²) in [5, 5.41) is 2.55. The molecule has 7 nitrogen and oxygen atoms in total. The molecule has 0 bridgehead atoms. The van der Waals surface area contributed by atoms with Crippen molar-refractivity contribution in [3.05, 3.63) is 77.6 Å². The van der Waals surface area contributed by atoms with E-state index < -0.39 is 22.0 Å². The fraction of sp³-hybridized carbons (Fsp3) is 0.333. The van der Waals surface area contributed by atoms with Crippen LogP contribution in [0, 0.1) is 13.8 Å². The molecule has 0 saturated carbocycles. The lowest BCUT2D eigenvalue weighted by atomic mass is 9.99. The van der Waals surface area contributed by atoms with Gasteiger partial charge in [-0.15, -0.1) is 0 Å². The second-order valence-corrected chi connectivity index (χ2v) is 10.1. The Morgan fingerprint density at radius 3 is 2.53 bits per heavy atom. The average Bonchev–Trinajstić information content (AvgIpc) is 3.25. The Balaban J connectivity index is 1.59. The number of hydrogen-bond donors (Lipinski definition) is 1. The fourth-order valence-electron chi connectivity index (χ4n) is 4.40. The number of hydrogen-bond acceptors (Lipinski definition) is 4. The van der Waals surface area contributed by atoms with Crippen molar-refractivity contribution in [2.75, 3.05) is 6.54 Å². The number of nitrogens with one attached hydrogen (secondary N) is 1. The van der Waals surface area contributed by atoms with Gasteiger partial charge in [-0.05, 0) is 49.9 Å². The molecule has 2 aliphatic rings. The van der Waals surface area contributed by atoms with Crippen molar-refractivity contribution in [2.45, 2.75) is 50.1 Å². The van der Waals surface area contributed by atoms with E-state index in [0.29, 0.717) is 6.54 Å². The minimum atomic E-state index is -3.99. The minimum Gasteiger partial charge on any atom is -0.336 e. The molecule has 32 heavy (non-hydrogen) atoms. The van der Waals surface area contributed by atoms with Gasteiger partial charge in [-0.25, -0.2) is 8.42 Å². The number of benzene rings is 2. The maximum atomic E-state index is 13.3. The standard InChI is InChI=1S/C24H27N3O4S/c1-17-9-11-19(12-10-17)32(30,31)27-15-13-25-24(29)22(27)16-23(28)26-14-5-8-21(26)20-7-4-3-6-18(20)2/h3-4,6-7,9-13,15,21-22H,5,8,14,16H2,1-2H3,(H,25,29)/t21?,22-/m1/s1. The van der Waals surface area contributed by atoms with E-state index in [1.807, 2.05) is 38.1 Å². The third-order valence-electron chi connectivity index (χ3n) is 6.14. The van der Waals surface area contributed by atoms with Crippen LogP contribution >= 0.6 is 0 Å². The van der Waals surface area contributed by atoms with Gasteiger partial charge in [0.25, 0.3) is 10.0 Å². The minimum absolute atomic E-state index is 0.0620. The lowest BCUT2D eigenvalue weighted by molar-refractivity contribution is -0.136. The van der Waals surface area contributed by atoms with Crippen molar-refractivity contribution < 1.29 is 18.0 Å². The molecule has 1 N–H and O–H groups in total. The lowest BCUT2D eigenvalue weighted by Crippen LogP contribution is -2.51. The van der Waals surface area contributed by atoms with Crippen molar-refractivity contribution in [1.29, 1.82) is 0 Å². The van der Waals surface area contributed by atoms with Crippen LogP contribution in [0.1, 0.15) is 42.0 Å². The first kappa shape index (κ1) is 22.1. The molecule has 1 fully saturated rings. The quantitative estimate of drug-likeness (QED) is 0.754. The zero-order chi connectivity index (χ0) is 22.9. The summed E-state index contributed by atoms with van der Waals surface area (Å²) in [4.78, 5) is 27.8. The van der Waals surface area contributed by atoms with Crippen LogP contribution in [0.5, 0.6) is 0 Å². The highest BCUT2D eigenvalue weighted by Crippen LogP contribution is 2.35. The Bertz CT molecular complexity index is 1160. The molecule has 2 amide bonds. The summed E-state index contributed by atoms with van der Waals surface area (Å²) >= 11 is 0. The summed E-state index contributed by atoms with van der Waals surface area (Å²) in [5.41, 5.74) is 3.13. The SMILES string of the molecule is Cc1ccc(S(=O)(=O)N2C=CNC(=O)[C@H]2CC(=O)N2CCCC2c2ccccc2C)cc1. The van der Waals surface area contributed by atoms with Gasteiger partial charge < -0.3 is 10.2 Å². The van der Waals surface area contributed by atoms with Crippen LogP contribution in [0.4, 0.5) is 0 Å². The topological polar surface area (TPSA) is 86.8 Å². The van der Waals surface area contributed by atoms with Gasteiger partial charge in [0, 0.05) is 18.9 Å². The average molecular weight is 454 g/mol. The number of nitrogens with zero attached hydrogens (tertiary/aromatic N) is 2. The third-order valence-corrected chi connectivity index (χ3v) is 7.94. The molecule has 1 saturated heterocycles. The Morgan fingerprint density at radius 1 is 1.09 bits per heavy atom. The zero-order valence-electron chi connectivity index (χ0n) is 18.2. The number of sulfonamides is 1. The van der Waals surface area contributed by atoms with Gasteiger partial charge in [-0.3, -0.25) is 13.9 Å². The van der Waals surface area contributed by atoms with Gasteiger partial charge in [0.2, 0.25) is 11.8 Å². The van der Waals surface area contributed by atoms with Gasteiger partial charge in [-0.2, -0.15) is 0 Å². The fourth-order valence-corrected chi connectivity index (χ4v) is 5.85. The van der Waals surface area contributed by atoms with Crippen LogP contribution in [-0.2, 0) is 19.6 Å². The maximum Gasteiger partial charge on any atom is 0.264 e. The molecule has 2 aliphatic heterocycles. The van der Waals surface area contributed by atoms with Gasteiger partial charge >= 0.3 is 0 Å². The Kier molecular flexibility index (Phi) is 6.06. The van der Waals surface area contributed by atoms with E-state index in [4.69, 9.17) is 0 Å². The highest BCUT2D eigenvalue weighted by molar-refractivity contribution is 7.89. The number of carbonyl (C=O) groups is 2. The molecule has 0 aliphatic carbocycles. The van der Waals surface area contributed by atoms with E-state index in [0.717, 1.165) is 33.8 Å². The van der Waals surface area contributed by atoms with E-state index >= 15 is 0 Å². The molecule has 0 aromatic heterocycles. The second kappa shape index (κ2) is 8.78.